The van der Waals surface area contributed by atoms with E-state index in [2.05, 4.69) is 10.1 Å². The van der Waals surface area contributed by atoms with Crippen LogP contribution in [0.3, 0.4) is 0 Å². The number of anilines is 1. The maximum atomic E-state index is 13.1. The summed E-state index contributed by atoms with van der Waals surface area (Å²) in [7, 11) is 0. The zero-order valence-electron chi connectivity index (χ0n) is 14.7. The lowest BCUT2D eigenvalue weighted by Crippen LogP contribution is -2.35. The first kappa shape index (κ1) is 17.2. The van der Waals surface area contributed by atoms with Crippen molar-refractivity contribution < 1.29 is 13.7 Å². The van der Waals surface area contributed by atoms with Crippen molar-refractivity contribution in [3.05, 3.63) is 66.0 Å². The Balaban J connectivity index is 1.44. The predicted octanol–water partition coefficient (Wildman–Crippen LogP) is 3.23. The number of carbonyl (C=O) groups excluding carboxylic acids is 1. The SMILES string of the molecule is O=C(c1ccc(F)cc1)N1CCCN(c2noc(-c3ccccc3)n2)CC1. The standard InChI is InChI=1S/C20H19FN4O2/c21-17-9-7-16(8-10-17)19(26)24-11-4-12-25(14-13-24)20-22-18(27-23-20)15-5-2-1-3-6-15/h1-3,5-10H,4,11-14H2. The first-order valence-electron chi connectivity index (χ1n) is 8.89. The molecule has 138 valence electrons. The largest absolute Gasteiger partial charge is 0.337 e. The summed E-state index contributed by atoms with van der Waals surface area (Å²) in [6.45, 7) is 2.53. The molecule has 2 heterocycles. The summed E-state index contributed by atoms with van der Waals surface area (Å²) in [4.78, 5) is 20.9. The molecule has 0 N–H and O–H groups in total. The molecule has 1 aliphatic heterocycles. The molecule has 2 aromatic carbocycles. The Bertz CT molecular complexity index is 911. The van der Waals surface area contributed by atoms with Gasteiger partial charge >= 0.3 is 0 Å². The van der Waals surface area contributed by atoms with E-state index in [1.165, 1.54) is 24.3 Å². The Kier molecular flexibility index (Phi) is 4.82. The number of hydrogen-bond acceptors (Lipinski definition) is 5. The second kappa shape index (κ2) is 7.57. The van der Waals surface area contributed by atoms with Gasteiger partial charge in [0.2, 0.25) is 0 Å². The Morgan fingerprint density at radius 3 is 2.52 bits per heavy atom. The van der Waals surface area contributed by atoms with Crippen molar-refractivity contribution in [1.29, 1.82) is 0 Å². The third kappa shape index (κ3) is 3.81. The first-order valence-corrected chi connectivity index (χ1v) is 8.89. The summed E-state index contributed by atoms with van der Waals surface area (Å²) in [5.74, 6) is 0.578. The molecule has 1 saturated heterocycles. The molecule has 1 amide bonds. The van der Waals surface area contributed by atoms with Gasteiger partial charge in [-0.05, 0) is 48.0 Å². The minimum atomic E-state index is -0.347. The zero-order valence-corrected chi connectivity index (χ0v) is 14.7. The summed E-state index contributed by atoms with van der Waals surface area (Å²) in [5.41, 5.74) is 1.37. The number of benzene rings is 2. The molecule has 0 aliphatic carbocycles. The van der Waals surface area contributed by atoms with Gasteiger partial charge in [0.25, 0.3) is 17.7 Å². The Morgan fingerprint density at radius 2 is 1.74 bits per heavy atom. The van der Waals surface area contributed by atoms with Gasteiger partial charge in [-0.3, -0.25) is 4.79 Å². The summed E-state index contributed by atoms with van der Waals surface area (Å²) >= 11 is 0. The van der Waals surface area contributed by atoms with Crippen LogP contribution in [0.5, 0.6) is 0 Å². The van der Waals surface area contributed by atoms with Crippen molar-refractivity contribution in [2.75, 3.05) is 31.1 Å². The van der Waals surface area contributed by atoms with Crippen molar-refractivity contribution in [3.8, 4) is 11.5 Å². The van der Waals surface area contributed by atoms with Crippen LogP contribution in [-0.4, -0.2) is 47.1 Å². The van der Waals surface area contributed by atoms with Crippen molar-refractivity contribution in [2.45, 2.75) is 6.42 Å². The molecule has 0 atom stereocenters. The second-order valence-corrected chi connectivity index (χ2v) is 6.41. The van der Waals surface area contributed by atoms with Crippen LogP contribution in [0.4, 0.5) is 10.3 Å². The van der Waals surface area contributed by atoms with Crippen molar-refractivity contribution in [1.82, 2.24) is 15.0 Å². The molecule has 6 nitrogen and oxygen atoms in total. The van der Waals surface area contributed by atoms with Crippen LogP contribution >= 0.6 is 0 Å². The molecule has 0 saturated carbocycles. The minimum Gasteiger partial charge on any atom is -0.337 e. The van der Waals surface area contributed by atoms with E-state index in [4.69, 9.17) is 4.52 Å². The van der Waals surface area contributed by atoms with E-state index < -0.39 is 0 Å². The van der Waals surface area contributed by atoms with Crippen LogP contribution < -0.4 is 4.90 Å². The van der Waals surface area contributed by atoms with Crippen LogP contribution in [0.2, 0.25) is 0 Å². The molecule has 0 unspecified atom stereocenters. The molecule has 3 aromatic rings. The second-order valence-electron chi connectivity index (χ2n) is 6.41. The Morgan fingerprint density at radius 1 is 0.963 bits per heavy atom. The number of carbonyl (C=O) groups is 1. The van der Waals surface area contributed by atoms with Gasteiger partial charge in [0.1, 0.15) is 5.82 Å². The molecule has 0 bridgehead atoms. The third-order valence-corrected chi connectivity index (χ3v) is 4.59. The van der Waals surface area contributed by atoms with Gasteiger partial charge in [-0.15, -0.1) is 0 Å². The number of nitrogens with zero attached hydrogens (tertiary/aromatic N) is 4. The van der Waals surface area contributed by atoms with Crippen LogP contribution in [0, 0.1) is 5.82 Å². The zero-order chi connectivity index (χ0) is 18.6. The quantitative estimate of drug-likeness (QED) is 0.712. The average Bonchev–Trinajstić information content (AvgIpc) is 3.07. The van der Waals surface area contributed by atoms with E-state index in [-0.39, 0.29) is 11.7 Å². The Hall–Kier alpha value is -3.22. The van der Waals surface area contributed by atoms with E-state index in [1.807, 2.05) is 35.2 Å². The molecular formula is C20H19FN4O2. The van der Waals surface area contributed by atoms with Crippen LogP contribution in [0.25, 0.3) is 11.5 Å². The fraction of sp³-hybridized carbons (Fsp3) is 0.250. The molecule has 0 spiro atoms. The number of hydrogen-bond donors (Lipinski definition) is 0. The fourth-order valence-corrected chi connectivity index (χ4v) is 3.14. The average molecular weight is 366 g/mol. The van der Waals surface area contributed by atoms with Gasteiger partial charge < -0.3 is 14.3 Å². The normalized spacial score (nSPS) is 14.9. The van der Waals surface area contributed by atoms with Crippen LogP contribution in [-0.2, 0) is 0 Å². The molecule has 1 aromatic heterocycles. The maximum absolute atomic E-state index is 13.1. The lowest BCUT2D eigenvalue weighted by atomic mass is 10.2. The lowest BCUT2D eigenvalue weighted by Gasteiger charge is -2.21. The molecular weight excluding hydrogens is 347 g/mol. The fourth-order valence-electron chi connectivity index (χ4n) is 3.14. The van der Waals surface area contributed by atoms with E-state index in [0.29, 0.717) is 37.0 Å². The first-order chi connectivity index (χ1) is 13.2. The summed E-state index contributed by atoms with van der Waals surface area (Å²) < 4.78 is 18.4. The van der Waals surface area contributed by atoms with Gasteiger partial charge in [-0.2, -0.15) is 4.98 Å². The molecule has 1 aliphatic rings. The highest BCUT2D eigenvalue weighted by Crippen LogP contribution is 2.21. The van der Waals surface area contributed by atoms with Crippen molar-refractivity contribution in [2.24, 2.45) is 0 Å². The van der Waals surface area contributed by atoms with E-state index in [9.17, 15) is 9.18 Å². The van der Waals surface area contributed by atoms with E-state index in [0.717, 1.165) is 18.5 Å². The summed E-state index contributed by atoms with van der Waals surface area (Å²) in [6.07, 6.45) is 0.794. The smallest absolute Gasteiger partial charge is 0.266 e. The van der Waals surface area contributed by atoms with Crippen molar-refractivity contribution in [3.63, 3.8) is 0 Å². The summed E-state index contributed by atoms with van der Waals surface area (Å²) in [5, 5.41) is 4.09. The molecule has 4 rings (SSSR count). The van der Waals surface area contributed by atoms with Gasteiger partial charge in [0.15, 0.2) is 0 Å². The van der Waals surface area contributed by atoms with Crippen LogP contribution in [0.1, 0.15) is 16.8 Å². The van der Waals surface area contributed by atoms with Gasteiger partial charge in [0.05, 0.1) is 0 Å². The topological polar surface area (TPSA) is 62.5 Å². The van der Waals surface area contributed by atoms with Gasteiger partial charge in [-0.1, -0.05) is 18.2 Å². The van der Waals surface area contributed by atoms with Crippen LogP contribution in [0.15, 0.2) is 59.1 Å². The molecule has 27 heavy (non-hydrogen) atoms. The highest BCUT2D eigenvalue weighted by Gasteiger charge is 2.23. The minimum absolute atomic E-state index is 0.0880. The highest BCUT2D eigenvalue weighted by molar-refractivity contribution is 5.94. The number of halogens is 1. The molecule has 0 radical (unpaired) electrons. The number of rotatable bonds is 3. The van der Waals surface area contributed by atoms with Gasteiger partial charge in [-0.25, -0.2) is 4.39 Å². The monoisotopic (exact) mass is 366 g/mol. The third-order valence-electron chi connectivity index (χ3n) is 4.59. The summed E-state index contributed by atoms with van der Waals surface area (Å²) in [6, 6.07) is 15.3. The van der Waals surface area contributed by atoms with E-state index >= 15 is 0 Å². The maximum Gasteiger partial charge on any atom is 0.266 e. The molecule has 1 fully saturated rings. The predicted molar refractivity (Wildman–Crippen MR) is 98.9 cm³/mol. The molecule has 7 heteroatoms. The van der Waals surface area contributed by atoms with Crippen molar-refractivity contribution >= 4 is 11.9 Å². The number of amides is 1. The van der Waals surface area contributed by atoms with E-state index in [1.54, 1.807) is 4.90 Å². The van der Waals surface area contributed by atoms with Gasteiger partial charge in [0, 0.05) is 37.3 Å². The highest BCUT2D eigenvalue weighted by atomic mass is 19.1. The number of aromatic nitrogens is 2. The Labute approximate surface area is 156 Å². The lowest BCUT2D eigenvalue weighted by molar-refractivity contribution is 0.0767.